The van der Waals surface area contributed by atoms with Gasteiger partial charge in [-0.15, -0.1) is 0 Å². The van der Waals surface area contributed by atoms with E-state index in [1.165, 1.54) is 18.3 Å². The molecule has 0 aliphatic carbocycles. The molecule has 2 rings (SSSR count). The Morgan fingerprint density at radius 3 is 2.12 bits per heavy atom. The second-order valence-electron chi connectivity index (χ2n) is 3.48. The molecule has 1 aromatic carbocycles. The van der Waals surface area contributed by atoms with Crippen LogP contribution >= 0.6 is 0 Å². The van der Waals surface area contributed by atoms with Crippen molar-refractivity contribution in [3.05, 3.63) is 71.2 Å². The van der Waals surface area contributed by atoms with Gasteiger partial charge < -0.3 is 5.21 Å². The zero-order valence-corrected chi connectivity index (χ0v) is 8.87. The maximum absolute atomic E-state index is 11.8. The van der Waals surface area contributed by atoms with Crippen molar-refractivity contribution in [1.29, 1.82) is 0 Å². The van der Waals surface area contributed by atoms with E-state index in [1.807, 2.05) is 0 Å². The summed E-state index contributed by atoms with van der Waals surface area (Å²) in [4.78, 5) is 23.6. The van der Waals surface area contributed by atoms with Crippen LogP contribution in [0.15, 0.2) is 54.9 Å². The fourth-order valence-electron chi connectivity index (χ4n) is 1.44. The van der Waals surface area contributed by atoms with Gasteiger partial charge in [-0.2, -0.15) is 4.73 Å². The van der Waals surface area contributed by atoms with E-state index in [-0.39, 0.29) is 5.56 Å². The summed E-state index contributed by atoms with van der Waals surface area (Å²) in [7, 11) is 0. The Bertz CT molecular complexity index is 564. The third kappa shape index (κ3) is 2.36. The molecule has 4 heteroatoms. The Morgan fingerprint density at radius 2 is 1.47 bits per heavy atom. The number of carbonyl (C=O) groups is 2. The van der Waals surface area contributed by atoms with Crippen LogP contribution in [0.5, 0.6) is 0 Å². The van der Waals surface area contributed by atoms with Crippen molar-refractivity contribution in [1.82, 2.24) is 0 Å². The van der Waals surface area contributed by atoms with E-state index in [0.29, 0.717) is 10.3 Å². The van der Waals surface area contributed by atoms with Crippen LogP contribution in [0, 0.1) is 5.21 Å². The normalized spacial score (nSPS) is 9.88. The third-order valence-electron chi connectivity index (χ3n) is 2.28. The summed E-state index contributed by atoms with van der Waals surface area (Å²) < 4.78 is 0.492. The van der Waals surface area contributed by atoms with Gasteiger partial charge in [-0.05, 0) is 6.07 Å². The molecule has 0 aliphatic rings. The number of hydrogen-bond acceptors (Lipinski definition) is 3. The van der Waals surface area contributed by atoms with Crippen molar-refractivity contribution in [2.75, 3.05) is 0 Å². The van der Waals surface area contributed by atoms with Crippen molar-refractivity contribution in [3.63, 3.8) is 0 Å². The van der Waals surface area contributed by atoms with E-state index in [0.717, 1.165) is 6.20 Å². The van der Waals surface area contributed by atoms with Gasteiger partial charge in [-0.1, -0.05) is 30.3 Å². The lowest BCUT2D eigenvalue weighted by Crippen LogP contribution is -2.27. The molecule has 0 radical (unpaired) electrons. The molecular formula is C13H9NO3. The Morgan fingerprint density at radius 1 is 0.882 bits per heavy atom. The summed E-state index contributed by atoms with van der Waals surface area (Å²) in [5.74, 6) is -1.29. The van der Waals surface area contributed by atoms with Gasteiger partial charge in [0, 0.05) is 11.6 Å². The van der Waals surface area contributed by atoms with Gasteiger partial charge in [0.05, 0.1) is 5.56 Å². The lowest BCUT2D eigenvalue weighted by atomic mass is 10.0. The van der Waals surface area contributed by atoms with E-state index in [2.05, 4.69) is 0 Å². The summed E-state index contributed by atoms with van der Waals surface area (Å²) in [6.07, 6.45) is 2.34. The largest absolute Gasteiger partial charge is 0.619 e. The van der Waals surface area contributed by atoms with Crippen molar-refractivity contribution >= 4 is 11.6 Å². The van der Waals surface area contributed by atoms with E-state index < -0.39 is 11.6 Å². The van der Waals surface area contributed by atoms with Gasteiger partial charge in [0.2, 0.25) is 11.6 Å². The smallest absolute Gasteiger partial charge is 0.239 e. The van der Waals surface area contributed by atoms with Crippen LogP contribution in [0.25, 0.3) is 0 Å². The highest BCUT2D eigenvalue weighted by atomic mass is 16.5. The van der Waals surface area contributed by atoms with Gasteiger partial charge in [-0.3, -0.25) is 9.59 Å². The van der Waals surface area contributed by atoms with Crippen LogP contribution in [0.1, 0.15) is 20.7 Å². The molecule has 0 saturated carbocycles. The highest BCUT2D eigenvalue weighted by Crippen LogP contribution is 2.06. The number of Topliss-reactive ketones (excluding diaryl/α,β-unsaturated/α-hetero) is 2. The molecule has 0 unspecified atom stereocenters. The fourth-order valence-corrected chi connectivity index (χ4v) is 1.44. The van der Waals surface area contributed by atoms with Crippen LogP contribution in [-0.4, -0.2) is 11.6 Å². The second kappa shape index (κ2) is 4.57. The van der Waals surface area contributed by atoms with Crippen LogP contribution in [-0.2, 0) is 0 Å². The summed E-state index contributed by atoms with van der Waals surface area (Å²) in [5, 5.41) is 11.0. The number of hydrogen-bond donors (Lipinski definition) is 0. The molecular weight excluding hydrogens is 218 g/mol. The number of rotatable bonds is 3. The summed E-state index contributed by atoms with van der Waals surface area (Å²) in [5.41, 5.74) is 0.412. The van der Waals surface area contributed by atoms with Gasteiger partial charge in [0.15, 0.2) is 12.4 Å². The maximum atomic E-state index is 11.8. The monoisotopic (exact) mass is 227 g/mol. The highest BCUT2D eigenvalue weighted by Gasteiger charge is 2.19. The van der Waals surface area contributed by atoms with E-state index in [9.17, 15) is 14.8 Å². The molecule has 0 saturated heterocycles. The molecule has 0 aliphatic heterocycles. The SMILES string of the molecule is O=C(C(=O)c1ccc[n+]([O-])c1)c1ccccc1. The molecule has 17 heavy (non-hydrogen) atoms. The zero-order chi connectivity index (χ0) is 12.3. The molecule has 0 atom stereocenters. The molecule has 1 heterocycles. The van der Waals surface area contributed by atoms with E-state index >= 15 is 0 Å². The predicted octanol–water partition coefficient (Wildman–Crippen LogP) is 1.39. The number of nitrogens with zero attached hydrogens (tertiary/aromatic N) is 1. The number of pyridine rings is 1. The third-order valence-corrected chi connectivity index (χ3v) is 2.28. The number of ketones is 2. The lowest BCUT2D eigenvalue weighted by molar-refractivity contribution is -0.605. The zero-order valence-electron chi connectivity index (χ0n) is 8.87. The van der Waals surface area contributed by atoms with Crippen LogP contribution in [0.3, 0.4) is 0 Å². The molecule has 1 aromatic heterocycles. The van der Waals surface area contributed by atoms with E-state index in [4.69, 9.17) is 0 Å². The summed E-state index contributed by atoms with van der Waals surface area (Å²) in [6.45, 7) is 0. The van der Waals surface area contributed by atoms with Crippen molar-refractivity contribution in [2.24, 2.45) is 0 Å². The Labute approximate surface area is 97.7 Å². The van der Waals surface area contributed by atoms with Crippen LogP contribution in [0.2, 0.25) is 0 Å². The molecule has 2 aromatic rings. The minimum Gasteiger partial charge on any atom is -0.619 e. The minimum atomic E-state index is -0.679. The Kier molecular flexibility index (Phi) is 2.96. The standard InChI is InChI=1S/C13H9NO3/c15-12(10-5-2-1-3-6-10)13(16)11-7-4-8-14(17)9-11/h1-9H. The maximum Gasteiger partial charge on any atom is 0.239 e. The van der Waals surface area contributed by atoms with Gasteiger partial charge >= 0.3 is 0 Å². The topological polar surface area (TPSA) is 61.1 Å². The number of benzene rings is 1. The quantitative estimate of drug-likeness (QED) is 0.344. The first-order valence-corrected chi connectivity index (χ1v) is 5.01. The van der Waals surface area contributed by atoms with E-state index in [1.54, 1.807) is 30.3 Å². The van der Waals surface area contributed by atoms with Crippen molar-refractivity contribution in [3.8, 4) is 0 Å². The molecule has 0 N–H and O–H groups in total. The summed E-state index contributed by atoms with van der Waals surface area (Å²) in [6, 6.07) is 11.1. The predicted molar refractivity (Wildman–Crippen MR) is 60.5 cm³/mol. The molecule has 0 fully saturated rings. The molecule has 4 nitrogen and oxygen atoms in total. The van der Waals surface area contributed by atoms with Gasteiger partial charge in [0.1, 0.15) is 0 Å². The highest BCUT2D eigenvalue weighted by molar-refractivity contribution is 6.49. The van der Waals surface area contributed by atoms with Crippen molar-refractivity contribution < 1.29 is 14.3 Å². The lowest BCUT2D eigenvalue weighted by Gasteiger charge is -2.00. The average Bonchev–Trinajstić information content (AvgIpc) is 2.38. The number of aromatic nitrogens is 1. The van der Waals surface area contributed by atoms with Crippen LogP contribution in [0.4, 0.5) is 0 Å². The average molecular weight is 227 g/mol. The van der Waals surface area contributed by atoms with Crippen LogP contribution < -0.4 is 4.73 Å². The summed E-state index contributed by atoms with van der Waals surface area (Å²) >= 11 is 0. The molecule has 0 bridgehead atoms. The Balaban J connectivity index is 2.30. The molecule has 84 valence electrons. The first-order valence-electron chi connectivity index (χ1n) is 5.01. The fraction of sp³-hybridized carbons (Fsp3) is 0. The van der Waals surface area contributed by atoms with Gasteiger partial charge in [0.25, 0.3) is 0 Å². The van der Waals surface area contributed by atoms with Crippen molar-refractivity contribution in [2.45, 2.75) is 0 Å². The first-order chi connectivity index (χ1) is 8.18. The molecule has 0 amide bonds. The minimum absolute atomic E-state index is 0.0938. The van der Waals surface area contributed by atoms with Gasteiger partial charge in [-0.25, -0.2) is 0 Å². The number of carbonyl (C=O) groups excluding carboxylic acids is 2. The molecule has 0 spiro atoms. The second-order valence-corrected chi connectivity index (χ2v) is 3.48. The first kappa shape index (κ1) is 11.0. The Hall–Kier alpha value is -2.49.